The highest BCUT2D eigenvalue weighted by Crippen LogP contribution is 2.21. The van der Waals surface area contributed by atoms with Crippen LogP contribution in [0.25, 0.3) is 0 Å². The van der Waals surface area contributed by atoms with Crippen LogP contribution in [0.15, 0.2) is 53.5 Å². The van der Waals surface area contributed by atoms with E-state index in [9.17, 15) is 4.39 Å². The zero-order valence-corrected chi connectivity index (χ0v) is 11.5. The van der Waals surface area contributed by atoms with Crippen molar-refractivity contribution in [2.45, 2.75) is 6.61 Å². The van der Waals surface area contributed by atoms with Crippen molar-refractivity contribution in [1.82, 2.24) is 0 Å². The minimum atomic E-state index is -0.262. The molecule has 0 fully saturated rings. The van der Waals surface area contributed by atoms with Crippen LogP contribution >= 0.6 is 11.6 Å². The highest BCUT2D eigenvalue weighted by molar-refractivity contribution is 6.28. The first kappa shape index (κ1) is 14.3. The minimum Gasteiger partial charge on any atom is -0.489 e. The van der Waals surface area contributed by atoms with Crippen LogP contribution in [0.4, 0.5) is 10.1 Å². The second kappa shape index (κ2) is 6.91. The maximum absolute atomic E-state index is 12.8. The Morgan fingerprint density at radius 3 is 2.65 bits per heavy atom. The third-order valence-electron chi connectivity index (χ3n) is 2.55. The highest BCUT2D eigenvalue weighted by Gasteiger charge is 1.99. The van der Waals surface area contributed by atoms with Crippen LogP contribution in [-0.2, 0) is 6.61 Å². The van der Waals surface area contributed by atoms with Gasteiger partial charge in [0.25, 0.3) is 0 Å². The number of benzene rings is 2. The number of alkyl halides is 1. The maximum Gasteiger partial charge on any atom is 0.123 e. The summed E-state index contributed by atoms with van der Waals surface area (Å²) in [5.74, 6) is 0.933. The van der Waals surface area contributed by atoms with E-state index in [0.29, 0.717) is 23.9 Å². The van der Waals surface area contributed by atoms with Gasteiger partial charge in [-0.15, -0.1) is 11.6 Å². The molecule has 0 aliphatic carbocycles. The lowest BCUT2D eigenvalue weighted by Gasteiger charge is -2.07. The molecule has 0 atom stereocenters. The number of hydrogen-bond donors (Lipinski definition) is 1. The van der Waals surface area contributed by atoms with Crippen molar-refractivity contribution in [3.05, 3.63) is 59.9 Å². The molecule has 3 nitrogen and oxygen atoms in total. The largest absolute Gasteiger partial charge is 0.489 e. The fraction of sp³-hybridized carbons (Fsp3) is 0.133. The molecule has 0 bridgehead atoms. The van der Waals surface area contributed by atoms with E-state index in [1.165, 1.54) is 12.1 Å². The lowest BCUT2D eigenvalue weighted by atomic mass is 10.2. The van der Waals surface area contributed by atoms with Gasteiger partial charge in [0.2, 0.25) is 0 Å². The summed E-state index contributed by atoms with van der Waals surface area (Å²) in [7, 11) is 0. The second-order valence-corrected chi connectivity index (χ2v) is 4.42. The summed E-state index contributed by atoms with van der Waals surface area (Å²) in [4.78, 5) is 4.14. The Labute approximate surface area is 121 Å². The zero-order valence-electron chi connectivity index (χ0n) is 10.7. The van der Waals surface area contributed by atoms with E-state index in [4.69, 9.17) is 22.1 Å². The summed E-state index contributed by atoms with van der Waals surface area (Å²) >= 11 is 5.58. The van der Waals surface area contributed by atoms with Crippen molar-refractivity contribution in [3.63, 3.8) is 0 Å². The Morgan fingerprint density at radius 1 is 1.20 bits per heavy atom. The lowest BCUT2D eigenvalue weighted by molar-refractivity contribution is 0.306. The van der Waals surface area contributed by atoms with Crippen molar-refractivity contribution in [2.24, 2.45) is 10.7 Å². The maximum atomic E-state index is 12.8. The molecule has 0 amide bonds. The summed E-state index contributed by atoms with van der Waals surface area (Å²) in [6.07, 6.45) is 0. The number of amidine groups is 1. The van der Waals surface area contributed by atoms with Crippen molar-refractivity contribution < 1.29 is 9.13 Å². The molecule has 0 unspecified atom stereocenters. The summed E-state index contributed by atoms with van der Waals surface area (Å²) in [5, 5.41) is 0. The van der Waals surface area contributed by atoms with Gasteiger partial charge in [0.15, 0.2) is 0 Å². The molecule has 104 valence electrons. The van der Waals surface area contributed by atoms with Gasteiger partial charge < -0.3 is 10.5 Å². The van der Waals surface area contributed by atoms with E-state index in [0.717, 1.165) is 5.56 Å². The molecule has 2 N–H and O–H groups in total. The summed E-state index contributed by atoms with van der Waals surface area (Å²) in [6, 6.07) is 13.4. The number of hydrogen-bond acceptors (Lipinski definition) is 2. The number of aliphatic imine (C=N–C) groups is 1. The van der Waals surface area contributed by atoms with Gasteiger partial charge in [0.1, 0.15) is 24.0 Å². The topological polar surface area (TPSA) is 47.6 Å². The number of nitrogens with two attached hydrogens (primary N) is 1. The molecule has 20 heavy (non-hydrogen) atoms. The Morgan fingerprint density at radius 2 is 1.95 bits per heavy atom. The van der Waals surface area contributed by atoms with Crippen LogP contribution in [0.5, 0.6) is 5.75 Å². The third-order valence-corrected chi connectivity index (χ3v) is 2.82. The fourth-order valence-electron chi connectivity index (χ4n) is 1.59. The normalized spacial score (nSPS) is 11.4. The van der Waals surface area contributed by atoms with Crippen molar-refractivity contribution in [1.29, 1.82) is 0 Å². The standard InChI is InChI=1S/C15H14ClFN2O/c16-9-15(18)19-13-2-1-3-14(8-13)20-10-11-4-6-12(17)7-5-11/h1-8H,9-10H2,(H2,18,19). The molecule has 0 saturated carbocycles. The van der Waals surface area contributed by atoms with Crippen LogP contribution < -0.4 is 10.5 Å². The van der Waals surface area contributed by atoms with Gasteiger partial charge in [-0.05, 0) is 29.8 Å². The first-order valence-electron chi connectivity index (χ1n) is 6.03. The summed E-state index contributed by atoms with van der Waals surface area (Å²) in [5.41, 5.74) is 7.15. The van der Waals surface area contributed by atoms with Crippen LogP contribution in [0.1, 0.15) is 5.56 Å². The molecule has 2 aromatic carbocycles. The van der Waals surface area contributed by atoms with Gasteiger partial charge >= 0.3 is 0 Å². The molecular weight excluding hydrogens is 279 g/mol. The predicted molar refractivity (Wildman–Crippen MR) is 79.2 cm³/mol. The lowest BCUT2D eigenvalue weighted by Crippen LogP contribution is -2.12. The van der Waals surface area contributed by atoms with E-state index in [1.54, 1.807) is 18.2 Å². The first-order valence-corrected chi connectivity index (χ1v) is 6.57. The summed E-state index contributed by atoms with van der Waals surface area (Å²) in [6.45, 7) is 0.360. The van der Waals surface area contributed by atoms with Crippen LogP contribution in [-0.4, -0.2) is 11.7 Å². The van der Waals surface area contributed by atoms with Gasteiger partial charge in [-0.3, -0.25) is 0 Å². The highest BCUT2D eigenvalue weighted by atomic mass is 35.5. The Hall–Kier alpha value is -2.07. The van der Waals surface area contributed by atoms with E-state index in [2.05, 4.69) is 4.99 Å². The van der Waals surface area contributed by atoms with E-state index in [1.807, 2.05) is 18.2 Å². The molecule has 0 radical (unpaired) electrons. The number of halogens is 2. The number of nitrogens with zero attached hydrogens (tertiary/aromatic N) is 1. The van der Waals surface area contributed by atoms with Gasteiger partial charge in [-0.1, -0.05) is 18.2 Å². The zero-order chi connectivity index (χ0) is 14.4. The summed E-state index contributed by atoms with van der Waals surface area (Å²) < 4.78 is 18.4. The third kappa shape index (κ3) is 4.24. The molecule has 0 aliphatic rings. The molecule has 0 spiro atoms. The molecule has 0 saturated heterocycles. The molecule has 0 aliphatic heterocycles. The van der Waals surface area contributed by atoms with Crippen LogP contribution in [0, 0.1) is 5.82 Å². The monoisotopic (exact) mass is 292 g/mol. The Kier molecular flexibility index (Phi) is 4.96. The number of ether oxygens (including phenoxy) is 1. The number of rotatable bonds is 5. The van der Waals surface area contributed by atoms with E-state index >= 15 is 0 Å². The molecule has 0 aromatic heterocycles. The first-order chi connectivity index (χ1) is 9.67. The predicted octanol–water partition coefficient (Wildman–Crippen LogP) is 3.63. The van der Waals surface area contributed by atoms with Gasteiger partial charge in [0.05, 0.1) is 11.6 Å². The molecule has 2 aromatic rings. The van der Waals surface area contributed by atoms with Crippen LogP contribution in [0.3, 0.4) is 0 Å². The Balaban J connectivity index is 2.03. The average Bonchev–Trinajstić information content (AvgIpc) is 2.47. The molecular formula is C15H14ClFN2O. The quantitative estimate of drug-likeness (QED) is 0.520. The van der Waals surface area contributed by atoms with Crippen molar-refractivity contribution >= 4 is 23.1 Å². The smallest absolute Gasteiger partial charge is 0.123 e. The molecule has 2 rings (SSSR count). The van der Waals surface area contributed by atoms with Gasteiger partial charge in [0, 0.05) is 6.07 Å². The minimum absolute atomic E-state index is 0.181. The second-order valence-electron chi connectivity index (χ2n) is 4.15. The average molecular weight is 293 g/mol. The molecule has 0 heterocycles. The SMILES string of the molecule is NC(CCl)=Nc1cccc(OCc2ccc(F)cc2)c1. The van der Waals surface area contributed by atoms with Crippen molar-refractivity contribution in [3.8, 4) is 5.75 Å². The molecule has 5 heteroatoms. The van der Waals surface area contributed by atoms with E-state index in [-0.39, 0.29) is 11.7 Å². The van der Waals surface area contributed by atoms with Gasteiger partial charge in [-0.2, -0.15) is 0 Å². The Bertz CT molecular complexity index is 599. The fourth-order valence-corrected chi connectivity index (χ4v) is 1.65. The van der Waals surface area contributed by atoms with Gasteiger partial charge in [-0.25, -0.2) is 9.38 Å². The van der Waals surface area contributed by atoms with Crippen molar-refractivity contribution in [2.75, 3.05) is 5.88 Å². The van der Waals surface area contributed by atoms with Crippen LogP contribution in [0.2, 0.25) is 0 Å². The van der Waals surface area contributed by atoms with E-state index < -0.39 is 0 Å².